The molecule has 0 heteroatoms. The minimum Gasteiger partial charge on any atom is -0.0651 e. The Balaban J connectivity index is 2.24. The Morgan fingerprint density at radius 3 is 2.47 bits per heavy atom. The lowest BCUT2D eigenvalue weighted by Crippen LogP contribution is -2.40. The molecule has 0 saturated heterocycles. The largest absolute Gasteiger partial charge is 0.0651 e. The van der Waals surface area contributed by atoms with Gasteiger partial charge in [0.05, 0.1) is 0 Å². The summed E-state index contributed by atoms with van der Waals surface area (Å²) in [6.45, 7) is 9.85. The lowest BCUT2D eigenvalue weighted by molar-refractivity contribution is 0.00409. The molecule has 0 N–H and O–H groups in total. The first-order valence-corrected chi connectivity index (χ1v) is 8.16. The third kappa shape index (κ3) is 2.29. The van der Waals surface area contributed by atoms with Crippen LogP contribution in [0.1, 0.15) is 79.1 Å². The molecule has 0 aliphatic heterocycles. The van der Waals surface area contributed by atoms with Gasteiger partial charge in [0.25, 0.3) is 0 Å². The molecule has 0 aromatic carbocycles. The van der Waals surface area contributed by atoms with Gasteiger partial charge in [-0.15, -0.1) is 0 Å². The van der Waals surface area contributed by atoms with Crippen molar-refractivity contribution in [3.8, 4) is 0 Å². The molecule has 2 bridgehead atoms. The number of fused-ring (bicyclic) bond motifs is 2. The summed E-state index contributed by atoms with van der Waals surface area (Å²) in [5, 5.41) is 0. The summed E-state index contributed by atoms with van der Waals surface area (Å²) in [6, 6.07) is 0. The van der Waals surface area contributed by atoms with Crippen LogP contribution in [0.2, 0.25) is 0 Å². The van der Waals surface area contributed by atoms with Crippen molar-refractivity contribution in [3.05, 3.63) is 0 Å². The number of hydrogen-bond acceptors (Lipinski definition) is 0. The first-order chi connectivity index (χ1) is 8.16. The van der Waals surface area contributed by atoms with Crippen molar-refractivity contribution in [1.82, 2.24) is 0 Å². The molecular weight excluding hydrogens is 204 g/mol. The minimum absolute atomic E-state index is 0.732. The van der Waals surface area contributed by atoms with Gasteiger partial charge >= 0.3 is 0 Å². The van der Waals surface area contributed by atoms with Crippen molar-refractivity contribution < 1.29 is 0 Å². The molecule has 0 aromatic heterocycles. The lowest BCUT2D eigenvalue weighted by Gasteiger charge is -2.49. The average molecular weight is 236 g/mol. The maximum atomic E-state index is 2.54. The monoisotopic (exact) mass is 236 g/mol. The molecule has 2 saturated carbocycles. The second-order valence-electron chi connectivity index (χ2n) is 6.96. The molecule has 17 heavy (non-hydrogen) atoms. The van der Waals surface area contributed by atoms with E-state index in [-0.39, 0.29) is 0 Å². The van der Waals surface area contributed by atoms with E-state index >= 15 is 0 Å². The van der Waals surface area contributed by atoms with Crippen LogP contribution in [-0.2, 0) is 0 Å². The van der Waals surface area contributed by atoms with Crippen LogP contribution < -0.4 is 0 Å². The van der Waals surface area contributed by atoms with E-state index in [1.807, 2.05) is 0 Å². The summed E-state index contributed by atoms with van der Waals surface area (Å²) in [7, 11) is 0. The van der Waals surface area contributed by atoms with Gasteiger partial charge in [-0.25, -0.2) is 0 Å². The summed E-state index contributed by atoms with van der Waals surface area (Å²) < 4.78 is 0. The molecule has 2 rings (SSSR count). The van der Waals surface area contributed by atoms with Crippen LogP contribution in [0.5, 0.6) is 0 Å². The van der Waals surface area contributed by atoms with Crippen molar-refractivity contribution in [2.75, 3.05) is 0 Å². The smallest absolute Gasteiger partial charge is 0.0269 e. The van der Waals surface area contributed by atoms with Crippen molar-refractivity contribution >= 4 is 0 Å². The molecule has 0 spiro atoms. The van der Waals surface area contributed by atoms with Gasteiger partial charge in [0, 0.05) is 0 Å². The highest BCUT2D eigenvalue weighted by Gasteiger charge is 2.47. The summed E-state index contributed by atoms with van der Waals surface area (Å²) in [4.78, 5) is 0. The first kappa shape index (κ1) is 13.4. The maximum absolute atomic E-state index is 2.54. The van der Waals surface area contributed by atoms with Crippen LogP contribution in [-0.4, -0.2) is 0 Å². The summed E-state index contributed by atoms with van der Waals surface area (Å²) >= 11 is 0. The Hall–Kier alpha value is 0. The standard InChI is InChI=1S/C17H32/c1-5-14-9-8-10-17(7-3)12-16(14)13(4)11-15(17)6-2/h13-16H,5-12H2,1-4H3. The number of hydrogen-bond donors (Lipinski definition) is 0. The fourth-order valence-corrected chi connectivity index (χ4v) is 5.30. The SMILES string of the molecule is CCC1CCCC2(CC)CC1C(C)CC2CC. The van der Waals surface area contributed by atoms with Crippen molar-refractivity contribution in [2.24, 2.45) is 29.1 Å². The van der Waals surface area contributed by atoms with Crippen LogP contribution >= 0.6 is 0 Å². The van der Waals surface area contributed by atoms with Crippen LogP contribution in [0.4, 0.5) is 0 Å². The van der Waals surface area contributed by atoms with Gasteiger partial charge in [-0.05, 0) is 48.3 Å². The molecule has 0 amide bonds. The van der Waals surface area contributed by atoms with E-state index in [9.17, 15) is 0 Å². The average Bonchev–Trinajstić information content (AvgIpc) is 2.52. The minimum atomic E-state index is 0.732. The van der Waals surface area contributed by atoms with Gasteiger partial charge in [0.2, 0.25) is 0 Å². The first-order valence-electron chi connectivity index (χ1n) is 8.16. The molecule has 2 fully saturated rings. The van der Waals surface area contributed by atoms with E-state index in [2.05, 4.69) is 27.7 Å². The zero-order chi connectivity index (χ0) is 12.5. The van der Waals surface area contributed by atoms with Gasteiger partial charge in [0.1, 0.15) is 0 Å². The molecule has 2 aliphatic carbocycles. The van der Waals surface area contributed by atoms with E-state index < -0.39 is 0 Å². The zero-order valence-corrected chi connectivity index (χ0v) is 12.5. The van der Waals surface area contributed by atoms with Crippen LogP contribution in [0.15, 0.2) is 0 Å². The van der Waals surface area contributed by atoms with Gasteiger partial charge < -0.3 is 0 Å². The van der Waals surface area contributed by atoms with Gasteiger partial charge in [-0.1, -0.05) is 59.8 Å². The van der Waals surface area contributed by atoms with Gasteiger partial charge in [-0.3, -0.25) is 0 Å². The molecule has 0 aromatic rings. The number of rotatable bonds is 3. The molecule has 0 radical (unpaired) electrons. The third-order valence-electron chi connectivity index (χ3n) is 6.47. The highest BCUT2D eigenvalue weighted by Crippen LogP contribution is 2.57. The van der Waals surface area contributed by atoms with Crippen LogP contribution in [0.3, 0.4) is 0 Å². The van der Waals surface area contributed by atoms with E-state index in [1.54, 1.807) is 6.42 Å². The normalized spacial score (nSPS) is 46.6. The molecule has 5 atom stereocenters. The Kier molecular flexibility index (Phi) is 4.21. The molecular formula is C17H32. The highest BCUT2D eigenvalue weighted by atomic mass is 14.5. The third-order valence-corrected chi connectivity index (χ3v) is 6.47. The van der Waals surface area contributed by atoms with Crippen molar-refractivity contribution in [3.63, 3.8) is 0 Å². The predicted octanol–water partition coefficient (Wildman–Crippen LogP) is 5.67. The van der Waals surface area contributed by atoms with Crippen molar-refractivity contribution in [2.45, 2.75) is 79.1 Å². The van der Waals surface area contributed by atoms with Gasteiger partial charge in [-0.2, -0.15) is 0 Å². The van der Waals surface area contributed by atoms with E-state index in [1.165, 1.54) is 44.9 Å². The van der Waals surface area contributed by atoms with Crippen molar-refractivity contribution in [1.29, 1.82) is 0 Å². The molecule has 100 valence electrons. The lowest BCUT2D eigenvalue weighted by atomic mass is 9.56. The maximum Gasteiger partial charge on any atom is -0.0269 e. The fourth-order valence-electron chi connectivity index (χ4n) is 5.30. The topological polar surface area (TPSA) is 0 Å². The van der Waals surface area contributed by atoms with Crippen LogP contribution in [0, 0.1) is 29.1 Å². The van der Waals surface area contributed by atoms with Crippen LogP contribution in [0.25, 0.3) is 0 Å². The summed E-state index contributed by atoms with van der Waals surface area (Å²) in [6.07, 6.45) is 11.9. The van der Waals surface area contributed by atoms with E-state index in [0.29, 0.717) is 0 Å². The Morgan fingerprint density at radius 1 is 1.12 bits per heavy atom. The van der Waals surface area contributed by atoms with E-state index in [4.69, 9.17) is 0 Å². The molecule has 0 nitrogen and oxygen atoms in total. The Labute approximate surface area is 109 Å². The van der Waals surface area contributed by atoms with E-state index in [0.717, 1.165) is 29.1 Å². The quantitative estimate of drug-likeness (QED) is 0.592. The van der Waals surface area contributed by atoms with Gasteiger partial charge in [0.15, 0.2) is 0 Å². The predicted molar refractivity (Wildman–Crippen MR) is 76.0 cm³/mol. The zero-order valence-electron chi connectivity index (χ0n) is 12.5. The fraction of sp³-hybridized carbons (Fsp3) is 1.00. The second-order valence-corrected chi connectivity index (χ2v) is 6.96. The molecule has 0 heterocycles. The second kappa shape index (κ2) is 5.33. The molecule has 5 unspecified atom stereocenters. The Morgan fingerprint density at radius 2 is 1.88 bits per heavy atom. The summed E-state index contributed by atoms with van der Waals surface area (Å²) in [5.74, 6) is 4.10. The molecule has 2 aliphatic rings. The summed E-state index contributed by atoms with van der Waals surface area (Å²) in [5.41, 5.74) is 0.732. The Bertz CT molecular complexity index is 244. The highest BCUT2D eigenvalue weighted by molar-refractivity contribution is 4.97.